The van der Waals surface area contributed by atoms with Gasteiger partial charge in [-0.25, -0.2) is 0 Å². The Balaban J connectivity index is 2.94. The Hall–Kier alpha value is -1.59. The Morgan fingerprint density at radius 1 is 1.24 bits per heavy atom. The summed E-state index contributed by atoms with van der Waals surface area (Å²) in [6.07, 6.45) is 1.02. The van der Waals surface area contributed by atoms with Crippen molar-refractivity contribution in [3.05, 3.63) is 0 Å². The number of anilines is 2. The van der Waals surface area contributed by atoms with Crippen molar-refractivity contribution < 1.29 is 4.74 Å². The van der Waals surface area contributed by atoms with E-state index in [1.807, 2.05) is 32.8 Å². The minimum atomic E-state index is 0.0990. The van der Waals surface area contributed by atoms with Gasteiger partial charge in [0.25, 0.3) is 0 Å². The van der Waals surface area contributed by atoms with Crippen molar-refractivity contribution in [2.75, 3.05) is 30.9 Å². The van der Waals surface area contributed by atoms with Gasteiger partial charge < -0.3 is 15.0 Å². The number of nitrogens with zero attached hydrogens (tertiary/aromatic N) is 4. The van der Waals surface area contributed by atoms with Gasteiger partial charge in [0, 0.05) is 20.6 Å². The smallest absolute Gasteiger partial charge is 0.323 e. The lowest BCUT2D eigenvalue weighted by Gasteiger charge is -2.15. The third kappa shape index (κ3) is 4.05. The summed E-state index contributed by atoms with van der Waals surface area (Å²) in [6, 6.07) is 0.369. The van der Waals surface area contributed by atoms with Gasteiger partial charge in [0.1, 0.15) is 0 Å². The van der Waals surface area contributed by atoms with E-state index in [4.69, 9.17) is 4.74 Å². The molecule has 17 heavy (non-hydrogen) atoms. The number of rotatable bonds is 6. The second-order valence-electron chi connectivity index (χ2n) is 4.00. The molecule has 96 valence electrons. The van der Waals surface area contributed by atoms with Crippen LogP contribution in [0.4, 0.5) is 11.9 Å². The van der Waals surface area contributed by atoms with Crippen LogP contribution >= 0.6 is 0 Å². The van der Waals surface area contributed by atoms with E-state index in [-0.39, 0.29) is 6.10 Å². The molecule has 0 fully saturated rings. The summed E-state index contributed by atoms with van der Waals surface area (Å²) in [5.74, 6) is 1.14. The van der Waals surface area contributed by atoms with Crippen LogP contribution in [0.2, 0.25) is 0 Å². The fourth-order valence-corrected chi connectivity index (χ4v) is 1.10. The molecule has 0 spiro atoms. The SMILES string of the molecule is CCNc1nc(OC(C)CC)nc(N(C)C)n1. The Morgan fingerprint density at radius 2 is 1.94 bits per heavy atom. The molecule has 0 bridgehead atoms. The van der Waals surface area contributed by atoms with Crippen LogP contribution in [-0.2, 0) is 0 Å². The monoisotopic (exact) mass is 239 g/mol. The molecule has 0 aliphatic carbocycles. The highest BCUT2D eigenvalue weighted by atomic mass is 16.5. The third-order valence-corrected chi connectivity index (χ3v) is 2.22. The lowest BCUT2D eigenvalue weighted by molar-refractivity contribution is 0.199. The Kier molecular flexibility index (Phi) is 4.93. The van der Waals surface area contributed by atoms with Gasteiger partial charge in [-0.1, -0.05) is 6.92 Å². The van der Waals surface area contributed by atoms with E-state index in [9.17, 15) is 0 Å². The van der Waals surface area contributed by atoms with Crippen molar-refractivity contribution in [2.24, 2.45) is 0 Å². The third-order valence-electron chi connectivity index (χ3n) is 2.22. The Labute approximate surface area is 102 Å². The van der Waals surface area contributed by atoms with Gasteiger partial charge in [-0.15, -0.1) is 0 Å². The van der Waals surface area contributed by atoms with Gasteiger partial charge in [-0.2, -0.15) is 15.0 Å². The maximum Gasteiger partial charge on any atom is 0.323 e. The molecule has 0 amide bonds. The average Bonchev–Trinajstić information content (AvgIpc) is 2.29. The van der Waals surface area contributed by atoms with Gasteiger partial charge in [0.15, 0.2) is 0 Å². The van der Waals surface area contributed by atoms with Gasteiger partial charge in [0.2, 0.25) is 11.9 Å². The van der Waals surface area contributed by atoms with Crippen molar-refractivity contribution in [2.45, 2.75) is 33.3 Å². The van der Waals surface area contributed by atoms with Gasteiger partial charge >= 0.3 is 6.01 Å². The molecule has 0 aliphatic heterocycles. The second-order valence-corrected chi connectivity index (χ2v) is 4.00. The zero-order valence-corrected chi connectivity index (χ0v) is 11.2. The molecule has 0 saturated carbocycles. The normalized spacial score (nSPS) is 12.1. The zero-order chi connectivity index (χ0) is 12.8. The average molecular weight is 239 g/mol. The molecule has 1 unspecified atom stereocenters. The second kappa shape index (κ2) is 6.22. The van der Waals surface area contributed by atoms with Crippen molar-refractivity contribution in [1.29, 1.82) is 0 Å². The van der Waals surface area contributed by atoms with Crippen molar-refractivity contribution >= 4 is 11.9 Å². The van der Waals surface area contributed by atoms with Gasteiger partial charge in [-0.3, -0.25) is 0 Å². The summed E-state index contributed by atoms with van der Waals surface area (Å²) in [6.45, 7) is 6.81. The predicted octanol–water partition coefficient (Wildman–Crippen LogP) is 1.55. The zero-order valence-electron chi connectivity index (χ0n) is 11.2. The van der Waals surface area contributed by atoms with Crippen LogP contribution in [0.3, 0.4) is 0 Å². The van der Waals surface area contributed by atoms with Crippen molar-refractivity contribution in [3.8, 4) is 6.01 Å². The topological polar surface area (TPSA) is 63.2 Å². The minimum absolute atomic E-state index is 0.0990. The molecule has 1 N–H and O–H groups in total. The summed E-state index contributed by atoms with van der Waals surface area (Å²) < 4.78 is 5.61. The van der Waals surface area contributed by atoms with E-state index < -0.39 is 0 Å². The molecule has 0 saturated heterocycles. The maximum absolute atomic E-state index is 5.61. The summed E-state index contributed by atoms with van der Waals surface area (Å²) >= 11 is 0. The minimum Gasteiger partial charge on any atom is -0.460 e. The van der Waals surface area contributed by atoms with Crippen LogP contribution in [-0.4, -0.2) is 41.7 Å². The largest absolute Gasteiger partial charge is 0.460 e. The molecule has 6 nitrogen and oxygen atoms in total. The molecule has 1 heterocycles. The van der Waals surface area contributed by atoms with Crippen LogP contribution in [0, 0.1) is 0 Å². The first-order valence-corrected chi connectivity index (χ1v) is 5.90. The standard InChI is InChI=1S/C11H21N5O/c1-6-8(3)17-11-14-9(12-7-2)13-10(15-11)16(4)5/h8H,6-7H2,1-5H3,(H,12,13,14,15). The number of hydrogen-bond acceptors (Lipinski definition) is 6. The van der Waals surface area contributed by atoms with Crippen LogP contribution in [0.15, 0.2) is 0 Å². The summed E-state index contributed by atoms with van der Waals surface area (Å²) in [7, 11) is 3.77. The van der Waals surface area contributed by atoms with Crippen LogP contribution < -0.4 is 15.0 Å². The van der Waals surface area contributed by atoms with E-state index in [0.717, 1.165) is 13.0 Å². The number of aromatic nitrogens is 3. The van der Waals surface area contributed by atoms with Crippen LogP contribution in [0.1, 0.15) is 27.2 Å². The molecular weight excluding hydrogens is 218 g/mol. The van der Waals surface area contributed by atoms with Crippen LogP contribution in [0.5, 0.6) is 6.01 Å². The first-order chi connectivity index (χ1) is 8.06. The van der Waals surface area contributed by atoms with E-state index in [1.54, 1.807) is 0 Å². The van der Waals surface area contributed by atoms with Crippen LogP contribution in [0.25, 0.3) is 0 Å². The molecule has 1 atom stereocenters. The Morgan fingerprint density at radius 3 is 2.47 bits per heavy atom. The first-order valence-electron chi connectivity index (χ1n) is 5.90. The van der Waals surface area contributed by atoms with E-state index in [1.165, 1.54) is 0 Å². The molecule has 0 aliphatic rings. The lowest BCUT2D eigenvalue weighted by Crippen LogP contribution is -2.18. The molecule has 6 heteroatoms. The predicted molar refractivity (Wildman–Crippen MR) is 68.7 cm³/mol. The van der Waals surface area contributed by atoms with Crippen molar-refractivity contribution in [3.63, 3.8) is 0 Å². The number of hydrogen-bond donors (Lipinski definition) is 1. The highest BCUT2D eigenvalue weighted by Crippen LogP contribution is 2.14. The quantitative estimate of drug-likeness (QED) is 0.812. The van der Waals surface area contributed by atoms with E-state index in [2.05, 4.69) is 27.2 Å². The Bertz CT molecular complexity index is 356. The van der Waals surface area contributed by atoms with Gasteiger partial charge in [0.05, 0.1) is 6.10 Å². The number of ether oxygens (including phenoxy) is 1. The molecule has 0 aromatic carbocycles. The fourth-order valence-electron chi connectivity index (χ4n) is 1.10. The first kappa shape index (κ1) is 13.5. The van der Waals surface area contributed by atoms with E-state index >= 15 is 0 Å². The maximum atomic E-state index is 5.61. The molecule has 1 rings (SSSR count). The summed E-state index contributed by atoms with van der Waals surface area (Å²) in [5, 5.41) is 3.07. The lowest BCUT2D eigenvalue weighted by atomic mass is 10.3. The number of nitrogens with one attached hydrogen (secondary N) is 1. The fraction of sp³-hybridized carbons (Fsp3) is 0.727. The van der Waals surface area contributed by atoms with E-state index in [0.29, 0.717) is 17.9 Å². The highest BCUT2D eigenvalue weighted by Gasteiger charge is 2.10. The summed E-state index contributed by atoms with van der Waals surface area (Å²) in [4.78, 5) is 14.5. The van der Waals surface area contributed by atoms with Crippen molar-refractivity contribution in [1.82, 2.24) is 15.0 Å². The van der Waals surface area contributed by atoms with Gasteiger partial charge in [-0.05, 0) is 20.3 Å². The molecule has 1 aromatic heterocycles. The molecule has 0 radical (unpaired) electrons. The molecule has 1 aromatic rings. The summed E-state index contributed by atoms with van der Waals surface area (Å²) in [5.41, 5.74) is 0. The highest BCUT2D eigenvalue weighted by molar-refractivity contribution is 5.36. The molecular formula is C11H21N5O.